The van der Waals surface area contributed by atoms with Crippen LogP contribution in [0.2, 0.25) is 5.02 Å². The molecule has 6 heteroatoms. The number of nitro groups is 1. The SMILES string of the molecule is CNC1(c2ccccc2Cl)CCCC(=Cc2cccc([N+](=O)[O-])c2)C1=O. The van der Waals surface area contributed by atoms with Crippen molar-refractivity contribution in [1.82, 2.24) is 5.32 Å². The Morgan fingerprint density at radius 2 is 2.00 bits per heavy atom. The van der Waals surface area contributed by atoms with Crippen molar-refractivity contribution < 1.29 is 9.72 Å². The lowest BCUT2D eigenvalue weighted by Crippen LogP contribution is -2.50. The van der Waals surface area contributed by atoms with Crippen LogP contribution in [0.4, 0.5) is 5.69 Å². The molecule has 0 heterocycles. The number of nitrogens with zero attached hydrogens (tertiary/aromatic N) is 1. The molecule has 0 radical (unpaired) electrons. The van der Waals surface area contributed by atoms with Crippen LogP contribution in [0.25, 0.3) is 6.08 Å². The van der Waals surface area contributed by atoms with E-state index in [9.17, 15) is 14.9 Å². The third-order valence-corrected chi connectivity index (χ3v) is 5.19. The molecule has 0 aromatic heterocycles. The molecule has 1 aliphatic carbocycles. The van der Waals surface area contributed by atoms with Crippen LogP contribution in [0.3, 0.4) is 0 Å². The minimum absolute atomic E-state index is 0.00796. The van der Waals surface area contributed by atoms with Gasteiger partial charge >= 0.3 is 0 Å². The van der Waals surface area contributed by atoms with Gasteiger partial charge < -0.3 is 5.32 Å². The van der Waals surface area contributed by atoms with E-state index in [1.54, 1.807) is 31.3 Å². The zero-order valence-corrected chi connectivity index (χ0v) is 15.1. The van der Waals surface area contributed by atoms with Crippen LogP contribution >= 0.6 is 11.6 Å². The highest BCUT2D eigenvalue weighted by Gasteiger charge is 2.43. The Morgan fingerprint density at radius 3 is 2.69 bits per heavy atom. The molecule has 1 unspecified atom stereocenters. The van der Waals surface area contributed by atoms with E-state index in [4.69, 9.17) is 11.6 Å². The van der Waals surface area contributed by atoms with Crippen molar-refractivity contribution in [2.24, 2.45) is 0 Å². The molecule has 2 aromatic carbocycles. The molecule has 0 aliphatic heterocycles. The summed E-state index contributed by atoms with van der Waals surface area (Å²) < 4.78 is 0. The van der Waals surface area contributed by atoms with E-state index in [1.165, 1.54) is 12.1 Å². The van der Waals surface area contributed by atoms with Gasteiger partial charge in [-0.1, -0.05) is 41.9 Å². The summed E-state index contributed by atoms with van der Waals surface area (Å²) in [5.41, 5.74) is 1.19. The second-order valence-electron chi connectivity index (χ2n) is 6.34. The molecule has 1 saturated carbocycles. The van der Waals surface area contributed by atoms with Gasteiger partial charge in [0, 0.05) is 17.2 Å². The summed E-state index contributed by atoms with van der Waals surface area (Å²) in [6, 6.07) is 13.6. The molecule has 5 nitrogen and oxygen atoms in total. The lowest BCUT2D eigenvalue weighted by Gasteiger charge is -2.37. The number of hydrogen-bond acceptors (Lipinski definition) is 4. The van der Waals surface area contributed by atoms with Crippen molar-refractivity contribution in [3.05, 3.63) is 80.4 Å². The monoisotopic (exact) mass is 370 g/mol. The number of likely N-dealkylation sites (N-methyl/N-ethyl adjacent to an activating group) is 1. The van der Waals surface area contributed by atoms with Crippen molar-refractivity contribution in [3.63, 3.8) is 0 Å². The number of rotatable bonds is 4. The van der Waals surface area contributed by atoms with Crippen LogP contribution in [-0.4, -0.2) is 17.8 Å². The number of nitrogens with one attached hydrogen (secondary N) is 1. The molecule has 26 heavy (non-hydrogen) atoms. The van der Waals surface area contributed by atoms with Gasteiger partial charge in [-0.2, -0.15) is 0 Å². The highest BCUT2D eigenvalue weighted by atomic mass is 35.5. The van der Waals surface area contributed by atoms with Crippen molar-refractivity contribution >= 4 is 29.1 Å². The van der Waals surface area contributed by atoms with Gasteiger partial charge in [0.1, 0.15) is 5.54 Å². The summed E-state index contributed by atoms with van der Waals surface area (Å²) in [6.45, 7) is 0. The molecule has 134 valence electrons. The number of carbonyl (C=O) groups excluding carboxylic acids is 1. The number of Topliss-reactive ketones (excluding diaryl/α,β-unsaturated/α-hetero) is 1. The Morgan fingerprint density at radius 1 is 1.23 bits per heavy atom. The van der Waals surface area contributed by atoms with Crippen molar-refractivity contribution in [1.29, 1.82) is 0 Å². The van der Waals surface area contributed by atoms with Crippen molar-refractivity contribution in [2.75, 3.05) is 7.05 Å². The fourth-order valence-corrected chi connectivity index (χ4v) is 3.85. The Balaban J connectivity index is 2.03. The zero-order chi connectivity index (χ0) is 18.7. The van der Waals surface area contributed by atoms with Gasteiger partial charge in [0.2, 0.25) is 0 Å². The first-order valence-electron chi connectivity index (χ1n) is 8.42. The van der Waals surface area contributed by atoms with Gasteiger partial charge in [-0.3, -0.25) is 14.9 Å². The zero-order valence-electron chi connectivity index (χ0n) is 14.4. The first-order valence-corrected chi connectivity index (χ1v) is 8.79. The van der Waals surface area contributed by atoms with Crippen LogP contribution in [0.1, 0.15) is 30.4 Å². The maximum absolute atomic E-state index is 13.3. The standard InChI is InChI=1S/C20H19ClN2O3/c1-22-20(17-9-2-3-10-18(17)21)11-5-7-15(19(20)24)12-14-6-4-8-16(13-14)23(25)26/h2-4,6,8-10,12-13,22H,5,7,11H2,1H3. The Kier molecular flexibility index (Phi) is 5.20. The first kappa shape index (κ1) is 18.3. The quantitative estimate of drug-likeness (QED) is 0.488. The first-order chi connectivity index (χ1) is 12.5. The van der Waals surface area contributed by atoms with E-state index >= 15 is 0 Å². The van der Waals surface area contributed by atoms with E-state index in [0.717, 1.165) is 12.0 Å². The highest BCUT2D eigenvalue weighted by Crippen LogP contribution is 2.40. The molecular formula is C20H19ClN2O3. The number of nitro benzene ring substituents is 1. The Bertz CT molecular complexity index is 894. The summed E-state index contributed by atoms with van der Waals surface area (Å²) in [7, 11) is 1.76. The second-order valence-corrected chi connectivity index (χ2v) is 6.75. The highest BCUT2D eigenvalue weighted by molar-refractivity contribution is 6.32. The molecule has 3 rings (SSSR count). The molecule has 0 saturated heterocycles. The molecule has 1 N–H and O–H groups in total. The van der Waals surface area contributed by atoms with Gasteiger partial charge in [0.25, 0.3) is 5.69 Å². The van der Waals surface area contributed by atoms with E-state index in [0.29, 0.717) is 29.0 Å². The fraction of sp³-hybridized carbons (Fsp3) is 0.250. The van der Waals surface area contributed by atoms with E-state index in [-0.39, 0.29) is 11.5 Å². The Hall–Kier alpha value is -2.50. The summed E-state index contributed by atoms with van der Waals surface area (Å²) >= 11 is 6.37. The van der Waals surface area contributed by atoms with Crippen LogP contribution in [-0.2, 0) is 10.3 Å². The van der Waals surface area contributed by atoms with Gasteiger partial charge in [-0.15, -0.1) is 0 Å². The number of non-ortho nitro benzene ring substituents is 1. The lowest BCUT2D eigenvalue weighted by atomic mass is 9.73. The third-order valence-electron chi connectivity index (χ3n) is 4.86. The topological polar surface area (TPSA) is 72.2 Å². The maximum atomic E-state index is 13.3. The average molecular weight is 371 g/mol. The van der Waals surface area contributed by atoms with E-state index in [1.807, 2.05) is 18.2 Å². The number of hydrogen-bond donors (Lipinski definition) is 1. The average Bonchev–Trinajstić information content (AvgIpc) is 2.64. The largest absolute Gasteiger partial charge is 0.304 e. The van der Waals surface area contributed by atoms with Gasteiger partial charge in [-0.05, 0) is 55.2 Å². The van der Waals surface area contributed by atoms with Crippen LogP contribution in [0.15, 0.2) is 54.1 Å². The predicted molar refractivity (Wildman–Crippen MR) is 102 cm³/mol. The molecule has 2 aromatic rings. The molecule has 1 fully saturated rings. The summed E-state index contributed by atoms with van der Waals surface area (Å²) in [5.74, 6) is -0.0362. The van der Waals surface area contributed by atoms with Crippen LogP contribution in [0, 0.1) is 10.1 Å². The fourth-order valence-electron chi connectivity index (χ4n) is 3.55. The summed E-state index contributed by atoms with van der Waals surface area (Å²) in [5, 5.41) is 14.7. The van der Waals surface area contributed by atoms with Crippen LogP contribution in [0.5, 0.6) is 0 Å². The third kappa shape index (κ3) is 3.28. The summed E-state index contributed by atoms with van der Waals surface area (Å²) in [4.78, 5) is 23.9. The van der Waals surface area contributed by atoms with E-state index < -0.39 is 10.5 Å². The minimum atomic E-state index is -0.872. The molecular weight excluding hydrogens is 352 g/mol. The van der Waals surface area contributed by atoms with Gasteiger partial charge in [0.05, 0.1) is 4.92 Å². The van der Waals surface area contributed by atoms with Gasteiger partial charge in [-0.25, -0.2) is 0 Å². The van der Waals surface area contributed by atoms with Crippen molar-refractivity contribution in [3.8, 4) is 0 Å². The maximum Gasteiger partial charge on any atom is 0.270 e. The molecule has 1 atom stereocenters. The molecule has 0 amide bonds. The number of halogens is 1. The number of carbonyl (C=O) groups is 1. The molecule has 0 bridgehead atoms. The van der Waals surface area contributed by atoms with E-state index in [2.05, 4.69) is 5.32 Å². The Labute approximate surface area is 156 Å². The number of ketones is 1. The predicted octanol–water partition coefficient (Wildman–Crippen LogP) is 4.50. The smallest absolute Gasteiger partial charge is 0.270 e. The van der Waals surface area contributed by atoms with Crippen molar-refractivity contribution in [2.45, 2.75) is 24.8 Å². The molecule has 1 aliphatic rings. The lowest BCUT2D eigenvalue weighted by molar-refractivity contribution is -0.384. The van der Waals surface area contributed by atoms with Gasteiger partial charge in [0.15, 0.2) is 5.78 Å². The minimum Gasteiger partial charge on any atom is -0.304 e. The summed E-state index contributed by atoms with van der Waals surface area (Å²) in [6.07, 6.45) is 3.85. The second kappa shape index (κ2) is 7.40. The molecule has 0 spiro atoms. The van der Waals surface area contributed by atoms with Crippen LogP contribution < -0.4 is 5.32 Å². The normalized spacial score (nSPS) is 21.8. The number of benzene rings is 2.